The van der Waals surface area contributed by atoms with Crippen LogP contribution in [0.3, 0.4) is 0 Å². The lowest BCUT2D eigenvalue weighted by Crippen LogP contribution is -2.49. The number of thioether (sulfide) groups is 1. The van der Waals surface area contributed by atoms with Crippen molar-refractivity contribution in [1.82, 2.24) is 10.4 Å². The standard InChI is InChI=1S/C24H20Cl2F3N3O4S/c1-12-4-13(2-3-18(12)21(33)30-20-9-35-32(22(20)34)17-10-37-11-17)19-8-23(36-31-19,24(27,28)29)14-5-15(25)7-16(26)6-14/h2-7,17,20H,8-11H2,1H3,(H,30,33). The minimum absolute atomic E-state index is 0.0154. The van der Waals surface area contributed by atoms with Crippen LogP contribution in [0, 0.1) is 6.92 Å². The third-order valence-electron chi connectivity index (χ3n) is 6.47. The number of oxime groups is 1. The maximum absolute atomic E-state index is 14.3. The lowest BCUT2D eigenvalue weighted by molar-refractivity contribution is -0.275. The summed E-state index contributed by atoms with van der Waals surface area (Å²) in [5, 5.41) is 7.84. The molecular formula is C24H20Cl2F3N3O4S. The Bertz CT molecular complexity index is 1280. The van der Waals surface area contributed by atoms with Gasteiger partial charge in [-0.2, -0.15) is 24.9 Å². The Kier molecular flexibility index (Phi) is 6.84. The molecule has 37 heavy (non-hydrogen) atoms. The molecule has 2 aromatic rings. The number of hydroxylamine groups is 2. The zero-order chi connectivity index (χ0) is 26.5. The largest absolute Gasteiger partial charge is 0.435 e. The van der Waals surface area contributed by atoms with Gasteiger partial charge < -0.3 is 10.2 Å². The number of hydrogen-bond donors (Lipinski definition) is 1. The summed E-state index contributed by atoms with van der Waals surface area (Å²) in [6.07, 6.45) is -5.43. The highest BCUT2D eigenvalue weighted by Crippen LogP contribution is 2.49. The summed E-state index contributed by atoms with van der Waals surface area (Å²) in [4.78, 5) is 35.9. The predicted octanol–water partition coefficient (Wildman–Crippen LogP) is 4.87. The summed E-state index contributed by atoms with van der Waals surface area (Å²) in [5.74, 6) is 0.801. The second-order valence-corrected chi connectivity index (χ2v) is 10.9. The lowest BCUT2D eigenvalue weighted by Gasteiger charge is -2.32. The zero-order valence-corrected chi connectivity index (χ0v) is 21.6. The highest BCUT2D eigenvalue weighted by atomic mass is 35.5. The maximum Gasteiger partial charge on any atom is 0.435 e. The quantitative estimate of drug-likeness (QED) is 0.552. The van der Waals surface area contributed by atoms with Gasteiger partial charge >= 0.3 is 6.18 Å². The van der Waals surface area contributed by atoms with Crippen LogP contribution in [0.15, 0.2) is 41.6 Å². The number of alkyl halides is 3. The maximum atomic E-state index is 14.3. The van der Waals surface area contributed by atoms with Gasteiger partial charge in [0.1, 0.15) is 12.6 Å². The van der Waals surface area contributed by atoms with Gasteiger partial charge in [0.05, 0.1) is 11.8 Å². The van der Waals surface area contributed by atoms with E-state index in [-0.39, 0.29) is 45.4 Å². The predicted molar refractivity (Wildman–Crippen MR) is 133 cm³/mol. The van der Waals surface area contributed by atoms with E-state index in [0.717, 1.165) is 23.6 Å². The molecule has 13 heteroatoms. The van der Waals surface area contributed by atoms with Gasteiger partial charge in [0.15, 0.2) is 0 Å². The van der Waals surface area contributed by atoms with E-state index in [0.29, 0.717) is 11.1 Å². The van der Waals surface area contributed by atoms with E-state index in [1.807, 2.05) is 0 Å². The topological polar surface area (TPSA) is 80.2 Å². The van der Waals surface area contributed by atoms with Crippen molar-refractivity contribution in [1.29, 1.82) is 0 Å². The Morgan fingerprint density at radius 2 is 1.89 bits per heavy atom. The second kappa shape index (κ2) is 9.68. The number of nitrogens with one attached hydrogen (secondary N) is 1. The molecule has 2 fully saturated rings. The average Bonchev–Trinajstić information content (AvgIpc) is 3.38. The first-order valence-corrected chi connectivity index (χ1v) is 13.1. The average molecular weight is 574 g/mol. The van der Waals surface area contributed by atoms with Crippen molar-refractivity contribution in [3.05, 3.63) is 68.7 Å². The molecule has 0 aromatic heterocycles. The molecule has 3 aliphatic rings. The summed E-state index contributed by atoms with van der Waals surface area (Å²) in [7, 11) is 0. The molecule has 5 rings (SSSR count). The van der Waals surface area contributed by atoms with Crippen LogP contribution >= 0.6 is 35.0 Å². The first-order chi connectivity index (χ1) is 17.5. The van der Waals surface area contributed by atoms with E-state index in [9.17, 15) is 22.8 Å². The number of aryl methyl sites for hydroxylation is 1. The first-order valence-electron chi connectivity index (χ1n) is 11.2. The van der Waals surface area contributed by atoms with E-state index in [2.05, 4.69) is 10.5 Å². The summed E-state index contributed by atoms with van der Waals surface area (Å²) in [6, 6.07) is 7.37. The van der Waals surface area contributed by atoms with Gasteiger partial charge in [0.25, 0.3) is 17.4 Å². The Hall–Kier alpha value is -2.47. The molecule has 196 valence electrons. The molecule has 2 aromatic carbocycles. The van der Waals surface area contributed by atoms with Crippen LogP contribution in [0.1, 0.15) is 33.5 Å². The Morgan fingerprint density at radius 3 is 2.49 bits per heavy atom. The van der Waals surface area contributed by atoms with Gasteiger partial charge in [0, 0.05) is 39.1 Å². The van der Waals surface area contributed by atoms with E-state index in [4.69, 9.17) is 32.9 Å². The third kappa shape index (κ3) is 4.78. The molecule has 2 amide bonds. The van der Waals surface area contributed by atoms with Gasteiger partial charge in [-0.3, -0.25) is 14.4 Å². The second-order valence-electron chi connectivity index (χ2n) is 9.00. The molecule has 0 radical (unpaired) electrons. The SMILES string of the molecule is Cc1cc(C2=NOC(c3cc(Cl)cc(Cl)c3)(C(F)(F)F)C2)ccc1C(=O)NC1CON(C2CSC2)C1=O. The van der Waals surface area contributed by atoms with Gasteiger partial charge in [-0.25, -0.2) is 5.06 Å². The van der Waals surface area contributed by atoms with Gasteiger partial charge in [-0.15, -0.1) is 0 Å². The number of hydrogen-bond acceptors (Lipinski definition) is 6. The normalized spacial score (nSPS) is 24.1. The number of amides is 2. The fourth-order valence-corrected chi connectivity index (χ4v) is 5.61. The molecule has 3 aliphatic heterocycles. The van der Waals surface area contributed by atoms with Crippen LogP contribution in [0.25, 0.3) is 0 Å². The van der Waals surface area contributed by atoms with Crippen LogP contribution in [0.5, 0.6) is 0 Å². The molecule has 2 saturated heterocycles. The molecule has 2 unspecified atom stereocenters. The molecule has 2 atom stereocenters. The number of halogens is 5. The smallest absolute Gasteiger partial charge is 0.374 e. The van der Waals surface area contributed by atoms with E-state index in [1.54, 1.807) is 24.8 Å². The van der Waals surface area contributed by atoms with E-state index >= 15 is 0 Å². The molecule has 0 aliphatic carbocycles. The van der Waals surface area contributed by atoms with Crippen LogP contribution in [0.4, 0.5) is 13.2 Å². The monoisotopic (exact) mass is 573 g/mol. The number of carbonyl (C=O) groups excluding carboxylic acids is 2. The minimum Gasteiger partial charge on any atom is -0.374 e. The molecule has 7 nitrogen and oxygen atoms in total. The Morgan fingerprint density at radius 1 is 1.19 bits per heavy atom. The van der Waals surface area contributed by atoms with Crippen molar-refractivity contribution < 1.29 is 32.4 Å². The van der Waals surface area contributed by atoms with Crippen LogP contribution in [-0.2, 0) is 20.1 Å². The first kappa shape index (κ1) is 26.1. The molecule has 0 saturated carbocycles. The number of carbonyl (C=O) groups is 2. The molecule has 0 spiro atoms. The van der Waals surface area contributed by atoms with Gasteiger partial charge in [-0.1, -0.05) is 34.4 Å². The van der Waals surface area contributed by atoms with Crippen molar-refractivity contribution >= 4 is 52.5 Å². The number of rotatable bonds is 5. The molecule has 1 N–H and O–H groups in total. The number of nitrogens with zero attached hydrogens (tertiary/aromatic N) is 2. The minimum atomic E-state index is -4.82. The summed E-state index contributed by atoms with van der Waals surface area (Å²) in [5.41, 5.74) is -1.83. The van der Waals surface area contributed by atoms with Crippen molar-refractivity contribution in [2.24, 2.45) is 5.16 Å². The lowest BCUT2D eigenvalue weighted by atomic mass is 9.86. The fourth-order valence-electron chi connectivity index (χ4n) is 4.37. The van der Waals surface area contributed by atoms with Crippen molar-refractivity contribution in [3.8, 4) is 0 Å². The Labute approximate surface area is 224 Å². The zero-order valence-electron chi connectivity index (χ0n) is 19.3. The third-order valence-corrected chi connectivity index (χ3v) is 8.15. The van der Waals surface area contributed by atoms with Crippen LogP contribution < -0.4 is 5.32 Å². The van der Waals surface area contributed by atoms with E-state index < -0.39 is 30.1 Å². The fraction of sp³-hybridized carbons (Fsp3) is 0.375. The molecule has 0 bridgehead atoms. The van der Waals surface area contributed by atoms with Crippen molar-refractivity contribution in [2.75, 3.05) is 18.1 Å². The molecular weight excluding hydrogens is 554 g/mol. The van der Waals surface area contributed by atoms with Gasteiger partial charge in [-0.05, 0) is 48.4 Å². The highest BCUT2D eigenvalue weighted by molar-refractivity contribution is 8.00. The highest BCUT2D eigenvalue weighted by Gasteiger charge is 2.62. The molecule has 3 heterocycles. The number of benzene rings is 2. The Balaban J connectivity index is 1.33. The summed E-state index contributed by atoms with van der Waals surface area (Å²) >= 11 is 13.6. The van der Waals surface area contributed by atoms with Crippen LogP contribution in [0.2, 0.25) is 10.0 Å². The van der Waals surface area contributed by atoms with E-state index in [1.165, 1.54) is 23.3 Å². The summed E-state index contributed by atoms with van der Waals surface area (Å²) in [6.45, 7) is 1.69. The van der Waals surface area contributed by atoms with Gasteiger partial charge in [0.2, 0.25) is 0 Å². The van der Waals surface area contributed by atoms with Crippen molar-refractivity contribution in [3.63, 3.8) is 0 Å². The summed E-state index contributed by atoms with van der Waals surface area (Å²) < 4.78 is 42.8. The van der Waals surface area contributed by atoms with Crippen LogP contribution in [-0.4, -0.2) is 59.0 Å². The van der Waals surface area contributed by atoms with Crippen molar-refractivity contribution in [2.45, 2.75) is 37.2 Å².